The average Bonchev–Trinajstić information content (AvgIpc) is 3.18. The molecule has 3 aromatic rings. The standard InChI is InChI=1S/C24H25N3O4/c1-16-21(15-30-20-5-3-2-4-6-20)26-23(31-16)18-7-9-19(10-8-18)24(29)27-13-11-17(12-14-27)22(25)28/h2-10,17H,11-15H2,1H3,(H2,25,28). The van der Waals surface area contributed by atoms with Gasteiger partial charge in [-0.1, -0.05) is 18.2 Å². The van der Waals surface area contributed by atoms with Crippen molar-refractivity contribution < 1.29 is 18.7 Å². The molecular formula is C24H25N3O4. The Labute approximate surface area is 180 Å². The molecule has 31 heavy (non-hydrogen) atoms. The second-order valence-corrected chi connectivity index (χ2v) is 7.67. The lowest BCUT2D eigenvalue weighted by Gasteiger charge is -2.30. The molecule has 7 nitrogen and oxygen atoms in total. The van der Waals surface area contributed by atoms with Crippen molar-refractivity contribution in [2.45, 2.75) is 26.4 Å². The number of hydrogen-bond acceptors (Lipinski definition) is 5. The topological polar surface area (TPSA) is 98.7 Å². The highest BCUT2D eigenvalue weighted by Gasteiger charge is 2.26. The van der Waals surface area contributed by atoms with Gasteiger partial charge in [0, 0.05) is 30.1 Å². The van der Waals surface area contributed by atoms with E-state index in [1.165, 1.54) is 0 Å². The lowest BCUT2D eigenvalue weighted by atomic mass is 9.96. The number of hydrogen-bond donors (Lipinski definition) is 1. The third-order valence-electron chi connectivity index (χ3n) is 5.57. The Balaban J connectivity index is 1.40. The molecule has 1 fully saturated rings. The zero-order chi connectivity index (χ0) is 21.8. The molecule has 0 spiro atoms. The quantitative estimate of drug-likeness (QED) is 0.659. The molecule has 2 heterocycles. The van der Waals surface area contributed by atoms with Gasteiger partial charge >= 0.3 is 0 Å². The zero-order valence-corrected chi connectivity index (χ0v) is 17.4. The van der Waals surface area contributed by atoms with Crippen molar-refractivity contribution in [3.63, 3.8) is 0 Å². The van der Waals surface area contributed by atoms with E-state index in [0.29, 0.717) is 49.8 Å². The number of nitrogens with zero attached hydrogens (tertiary/aromatic N) is 2. The van der Waals surface area contributed by atoms with Gasteiger partial charge in [0.25, 0.3) is 5.91 Å². The minimum atomic E-state index is -0.286. The molecule has 7 heteroatoms. The Morgan fingerprint density at radius 1 is 1.10 bits per heavy atom. The van der Waals surface area contributed by atoms with E-state index in [-0.39, 0.29) is 17.7 Å². The van der Waals surface area contributed by atoms with Gasteiger partial charge in [0.15, 0.2) is 0 Å². The number of nitrogens with two attached hydrogens (primary N) is 1. The molecule has 2 N–H and O–H groups in total. The number of aryl methyl sites for hydroxylation is 1. The maximum atomic E-state index is 12.8. The van der Waals surface area contributed by atoms with Gasteiger partial charge in [-0.25, -0.2) is 4.98 Å². The molecule has 0 aliphatic carbocycles. The smallest absolute Gasteiger partial charge is 0.253 e. The van der Waals surface area contributed by atoms with Gasteiger partial charge in [0.05, 0.1) is 0 Å². The van der Waals surface area contributed by atoms with Gasteiger partial charge in [-0.2, -0.15) is 0 Å². The Morgan fingerprint density at radius 2 is 1.77 bits per heavy atom. The molecule has 0 saturated carbocycles. The molecule has 1 aliphatic heterocycles. The first-order valence-corrected chi connectivity index (χ1v) is 10.3. The van der Waals surface area contributed by atoms with Gasteiger partial charge < -0.3 is 19.8 Å². The van der Waals surface area contributed by atoms with Crippen LogP contribution in [0.1, 0.15) is 34.7 Å². The van der Waals surface area contributed by atoms with Crippen molar-refractivity contribution in [3.05, 3.63) is 71.6 Å². The first kappa shape index (κ1) is 20.7. The summed E-state index contributed by atoms with van der Waals surface area (Å²) >= 11 is 0. The number of carbonyl (C=O) groups is 2. The lowest BCUT2D eigenvalue weighted by molar-refractivity contribution is -0.123. The Kier molecular flexibility index (Phi) is 6.02. The van der Waals surface area contributed by atoms with E-state index < -0.39 is 0 Å². The number of aromatic nitrogens is 1. The number of carbonyl (C=O) groups excluding carboxylic acids is 2. The third-order valence-corrected chi connectivity index (χ3v) is 5.57. The monoisotopic (exact) mass is 419 g/mol. The van der Waals surface area contributed by atoms with Crippen LogP contribution in [0.3, 0.4) is 0 Å². The Hall–Kier alpha value is -3.61. The van der Waals surface area contributed by atoms with Crippen LogP contribution in [0, 0.1) is 12.8 Å². The fourth-order valence-electron chi connectivity index (χ4n) is 3.66. The molecule has 0 unspecified atom stereocenters. The molecule has 2 amide bonds. The molecule has 0 atom stereocenters. The number of oxazole rings is 1. The molecule has 0 bridgehead atoms. The SMILES string of the molecule is Cc1oc(-c2ccc(C(=O)N3CCC(C(N)=O)CC3)cc2)nc1COc1ccccc1. The highest BCUT2D eigenvalue weighted by Crippen LogP contribution is 2.24. The molecule has 1 aromatic heterocycles. The summed E-state index contributed by atoms with van der Waals surface area (Å²) in [4.78, 5) is 30.4. The van der Waals surface area contributed by atoms with Crippen LogP contribution in [0.4, 0.5) is 0 Å². The number of ether oxygens (including phenoxy) is 1. The Morgan fingerprint density at radius 3 is 2.42 bits per heavy atom. The molecule has 0 radical (unpaired) electrons. The average molecular weight is 419 g/mol. The molecule has 2 aromatic carbocycles. The largest absolute Gasteiger partial charge is 0.487 e. The second-order valence-electron chi connectivity index (χ2n) is 7.67. The fraction of sp³-hybridized carbons (Fsp3) is 0.292. The lowest BCUT2D eigenvalue weighted by Crippen LogP contribution is -2.41. The highest BCUT2D eigenvalue weighted by molar-refractivity contribution is 5.94. The van der Waals surface area contributed by atoms with E-state index >= 15 is 0 Å². The summed E-state index contributed by atoms with van der Waals surface area (Å²) < 4.78 is 11.6. The number of piperidine rings is 1. The summed E-state index contributed by atoms with van der Waals surface area (Å²) in [6, 6.07) is 16.8. The van der Waals surface area contributed by atoms with Crippen LogP contribution in [-0.2, 0) is 11.4 Å². The molecular weight excluding hydrogens is 394 g/mol. The number of amides is 2. The normalized spacial score (nSPS) is 14.4. The summed E-state index contributed by atoms with van der Waals surface area (Å²) in [5, 5.41) is 0. The van der Waals surface area contributed by atoms with E-state index in [9.17, 15) is 9.59 Å². The van der Waals surface area contributed by atoms with Gasteiger partial charge in [-0.3, -0.25) is 9.59 Å². The van der Waals surface area contributed by atoms with E-state index in [0.717, 1.165) is 17.0 Å². The van der Waals surface area contributed by atoms with Crippen LogP contribution in [0.25, 0.3) is 11.5 Å². The van der Waals surface area contributed by atoms with Crippen LogP contribution in [-0.4, -0.2) is 34.8 Å². The molecule has 1 saturated heterocycles. The zero-order valence-electron chi connectivity index (χ0n) is 17.4. The van der Waals surface area contributed by atoms with Crippen LogP contribution in [0.15, 0.2) is 59.0 Å². The van der Waals surface area contributed by atoms with Crippen LogP contribution in [0.2, 0.25) is 0 Å². The van der Waals surface area contributed by atoms with Crippen molar-refractivity contribution >= 4 is 11.8 Å². The van der Waals surface area contributed by atoms with E-state index in [1.54, 1.807) is 17.0 Å². The second kappa shape index (κ2) is 9.04. The fourth-order valence-corrected chi connectivity index (χ4v) is 3.66. The summed E-state index contributed by atoms with van der Waals surface area (Å²) in [6.45, 7) is 3.25. The van der Waals surface area contributed by atoms with Gasteiger partial charge in [-0.15, -0.1) is 0 Å². The maximum Gasteiger partial charge on any atom is 0.253 e. The van der Waals surface area contributed by atoms with E-state index in [2.05, 4.69) is 4.98 Å². The van der Waals surface area contributed by atoms with Crippen molar-refractivity contribution in [2.24, 2.45) is 11.7 Å². The van der Waals surface area contributed by atoms with Gasteiger partial charge in [-0.05, 0) is 56.2 Å². The number of para-hydroxylation sites is 1. The maximum absolute atomic E-state index is 12.8. The van der Waals surface area contributed by atoms with Crippen molar-refractivity contribution in [3.8, 4) is 17.2 Å². The number of benzene rings is 2. The summed E-state index contributed by atoms with van der Waals surface area (Å²) in [5.41, 5.74) is 7.48. The number of rotatable bonds is 6. The van der Waals surface area contributed by atoms with Gasteiger partial charge in [0.2, 0.25) is 11.8 Å². The predicted molar refractivity (Wildman–Crippen MR) is 115 cm³/mol. The van der Waals surface area contributed by atoms with E-state index in [1.807, 2.05) is 49.4 Å². The Bertz CT molecular complexity index is 1050. The first-order valence-electron chi connectivity index (χ1n) is 10.3. The van der Waals surface area contributed by atoms with Crippen molar-refractivity contribution in [1.29, 1.82) is 0 Å². The van der Waals surface area contributed by atoms with Crippen molar-refractivity contribution in [2.75, 3.05) is 13.1 Å². The molecule has 4 rings (SSSR count). The van der Waals surface area contributed by atoms with Crippen LogP contribution in [0.5, 0.6) is 5.75 Å². The molecule has 160 valence electrons. The number of primary amides is 1. The molecule has 1 aliphatic rings. The third kappa shape index (κ3) is 4.77. The minimum absolute atomic E-state index is 0.0463. The van der Waals surface area contributed by atoms with Crippen LogP contribution >= 0.6 is 0 Å². The summed E-state index contributed by atoms with van der Waals surface area (Å²) in [6.07, 6.45) is 1.23. The first-order chi connectivity index (χ1) is 15.0. The van der Waals surface area contributed by atoms with Gasteiger partial charge in [0.1, 0.15) is 23.8 Å². The summed E-state index contributed by atoms with van der Waals surface area (Å²) in [7, 11) is 0. The van der Waals surface area contributed by atoms with Crippen LogP contribution < -0.4 is 10.5 Å². The van der Waals surface area contributed by atoms with E-state index in [4.69, 9.17) is 14.9 Å². The summed E-state index contributed by atoms with van der Waals surface area (Å²) in [5.74, 6) is 1.49. The predicted octanol–water partition coefficient (Wildman–Crippen LogP) is 3.57. The minimum Gasteiger partial charge on any atom is -0.487 e. The number of likely N-dealkylation sites (tertiary alicyclic amines) is 1. The van der Waals surface area contributed by atoms with Crippen molar-refractivity contribution in [1.82, 2.24) is 9.88 Å². The highest BCUT2D eigenvalue weighted by atomic mass is 16.5.